The third-order valence-electron chi connectivity index (χ3n) is 2.42. The van der Waals surface area contributed by atoms with Crippen LogP contribution in [0.2, 0.25) is 5.02 Å². The van der Waals surface area contributed by atoms with Crippen molar-refractivity contribution < 1.29 is 13.2 Å². The summed E-state index contributed by atoms with van der Waals surface area (Å²) in [6.45, 7) is 0. The zero-order valence-corrected chi connectivity index (χ0v) is 11.7. The maximum absolute atomic E-state index is 12.9. The number of hydrogen-bond donors (Lipinski definition) is 0. The first kappa shape index (κ1) is 14.3. The van der Waals surface area contributed by atoms with E-state index in [1.54, 1.807) is 0 Å². The van der Waals surface area contributed by atoms with E-state index >= 15 is 0 Å². The second-order valence-electron chi connectivity index (χ2n) is 3.66. The van der Waals surface area contributed by atoms with E-state index in [9.17, 15) is 13.2 Å². The first-order valence-corrected chi connectivity index (χ1v) is 6.68. The molecule has 2 aromatic rings. The lowest BCUT2D eigenvalue weighted by Gasteiger charge is -2.08. The van der Waals surface area contributed by atoms with Crippen LogP contribution in [0, 0.1) is 5.82 Å². The van der Waals surface area contributed by atoms with Gasteiger partial charge in [0.05, 0.1) is 5.02 Å². The highest BCUT2D eigenvalue weighted by molar-refractivity contribution is 9.08. The highest BCUT2D eigenvalue weighted by atomic mass is 79.9. The van der Waals surface area contributed by atoms with Crippen LogP contribution in [-0.2, 0) is 5.33 Å². The van der Waals surface area contributed by atoms with Crippen molar-refractivity contribution in [1.82, 2.24) is 9.97 Å². The van der Waals surface area contributed by atoms with Gasteiger partial charge in [0, 0.05) is 22.7 Å². The largest absolute Gasteiger partial charge is 0.280 e. The van der Waals surface area contributed by atoms with E-state index in [2.05, 4.69) is 25.9 Å². The molecule has 0 saturated carbocycles. The molecule has 7 heteroatoms. The molecule has 0 N–H and O–H groups in total. The summed E-state index contributed by atoms with van der Waals surface area (Å²) < 4.78 is 38.7. The second-order valence-corrected chi connectivity index (χ2v) is 4.63. The van der Waals surface area contributed by atoms with Gasteiger partial charge in [-0.25, -0.2) is 23.1 Å². The molecule has 0 amide bonds. The summed E-state index contributed by atoms with van der Waals surface area (Å²) >= 11 is 8.95. The first-order chi connectivity index (χ1) is 9.02. The lowest BCUT2D eigenvalue weighted by atomic mass is 10.2. The van der Waals surface area contributed by atoms with E-state index < -0.39 is 12.2 Å². The summed E-state index contributed by atoms with van der Waals surface area (Å²) in [4.78, 5) is 7.78. The van der Waals surface area contributed by atoms with Crippen LogP contribution in [-0.4, -0.2) is 9.97 Å². The Labute approximate surface area is 120 Å². The maximum Gasteiger partial charge on any atom is 0.280 e. The van der Waals surface area contributed by atoms with Gasteiger partial charge in [0.2, 0.25) is 0 Å². The van der Waals surface area contributed by atoms with Gasteiger partial charge in [0.15, 0.2) is 5.82 Å². The number of aromatic nitrogens is 2. The Morgan fingerprint density at radius 2 is 2.05 bits per heavy atom. The minimum atomic E-state index is -2.71. The van der Waals surface area contributed by atoms with Gasteiger partial charge in [-0.05, 0) is 18.2 Å². The molecule has 0 aliphatic heterocycles. The Hall–Kier alpha value is -1.14. The van der Waals surface area contributed by atoms with Crippen molar-refractivity contribution in [3.63, 3.8) is 0 Å². The van der Waals surface area contributed by atoms with Crippen molar-refractivity contribution in [2.45, 2.75) is 11.8 Å². The van der Waals surface area contributed by atoms with Gasteiger partial charge in [0.25, 0.3) is 6.43 Å². The Morgan fingerprint density at radius 3 is 2.63 bits per heavy atom. The molecule has 0 radical (unpaired) electrons. The summed E-state index contributed by atoms with van der Waals surface area (Å²) in [6.07, 6.45) is -1.41. The molecule has 19 heavy (non-hydrogen) atoms. The highest BCUT2D eigenvalue weighted by Gasteiger charge is 2.17. The van der Waals surface area contributed by atoms with Crippen LogP contribution in [0.3, 0.4) is 0 Å². The van der Waals surface area contributed by atoms with Gasteiger partial charge < -0.3 is 0 Å². The van der Waals surface area contributed by atoms with Crippen molar-refractivity contribution in [2.75, 3.05) is 0 Å². The molecule has 1 heterocycles. The molecule has 0 fully saturated rings. The topological polar surface area (TPSA) is 25.8 Å². The number of benzene rings is 1. The zero-order valence-electron chi connectivity index (χ0n) is 9.38. The Bertz CT molecular complexity index is 608. The third-order valence-corrected chi connectivity index (χ3v) is 3.34. The smallest absolute Gasteiger partial charge is 0.236 e. The molecule has 1 aromatic heterocycles. The maximum atomic E-state index is 12.9. The molecule has 0 bridgehead atoms. The van der Waals surface area contributed by atoms with Crippen molar-refractivity contribution >= 4 is 27.5 Å². The van der Waals surface area contributed by atoms with Gasteiger partial charge in [-0.2, -0.15) is 0 Å². The van der Waals surface area contributed by atoms with Crippen molar-refractivity contribution in [1.29, 1.82) is 0 Å². The lowest BCUT2D eigenvalue weighted by molar-refractivity contribution is 0.145. The molecule has 2 rings (SSSR count). The fraction of sp³-hybridized carbons (Fsp3) is 0.167. The summed E-state index contributed by atoms with van der Waals surface area (Å²) in [5.74, 6) is -0.468. The zero-order chi connectivity index (χ0) is 14.0. The average molecular weight is 352 g/mol. The average Bonchev–Trinajstić information content (AvgIpc) is 2.38. The summed E-state index contributed by atoms with van der Waals surface area (Å²) in [5.41, 5.74) is 0.255. The molecular formula is C12H7BrClF3N2. The second kappa shape index (κ2) is 5.88. The molecule has 0 spiro atoms. The van der Waals surface area contributed by atoms with Gasteiger partial charge in [0.1, 0.15) is 11.5 Å². The van der Waals surface area contributed by atoms with Crippen LogP contribution in [0.5, 0.6) is 0 Å². The van der Waals surface area contributed by atoms with Crippen molar-refractivity contribution in [2.24, 2.45) is 0 Å². The number of hydrogen-bond acceptors (Lipinski definition) is 2. The number of alkyl halides is 3. The molecule has 2 nitrogen and oxygen atoms in total. The van der Waals surface area contributed by atoms with Crippen LogP contribution in [0.25, 0.3) is 11.4 Å². The van der Waals surface area contributed by atoms with Crippen LogP contribution < -0.4 is 0 Å². The first-order valence-electron chi connectivity index (χ1n) is 5.18. The van der Waals surface area contributed by atoms with Gasteiger partial charge in [-0.15, -0.1) is 0 Å². The molecule has 0 aliphatic carbocycles. The van der Waals surface area contributed by atoms with Crippen molar-refractivity contribution in [3.8, 4) is 11.4 Å². The van der Waals surface area contributed by atoms with E-state index in [-0.39, 0.29) is 21.9 Å². The number of halogens is 5. The molecule has 0 aliphatic rings. The third kappa shape index (κ3) is 3.06. The number of rotatable bonds is 3. The van der Waals surface area contributed by atoms with Gasteiger partial charge in [-0.3, -0.25) is 0 Å². The minimum absolute atomic E-state index is 0.0463. The van der Waals surface area contributed by atoms with E-state index in [1.807, 2.05) is 0 Å². The highest BCUT2D eigenvalue weighted by Crippen LogP contribution is 2.29. The standard InChI is InChI=1S/C12H7BrClF3N2/c13-4-6-5-18-12(19-10(6)11(16)17)8-2-1-7(15)3-9(8)14/h1-3,5,11H,4H2. The normalized spacial score (nSPS) is 11.1. The molecule has 0 unspecified atom stereocenters. The van der Waals surface area contributed by atoms with Crippen LogP contribution >= 0.6 is 27.5 Å². The van der Waals surface area contributed by atoms with E-state index in [0.29, 0.717) is 11.1 Å². The monoisotopic (exact) mass is 350 g/mol. The van der Waals surface area contributed by atoms with Crippen molar-refractivity contribution in [3.05, 3.63) is 46.5 Å². The SMILES string of the molecule is Fc1ccc(-c2ncc(CBr)c(C(F)F)n2)c(Cl)c1. The Balaban J connectivity index is 2.54. The van der Waals surface area contributed by atoms with E-state index in [1.165, 1.54) is 18.3 Å². The Morgan fingerprint density at radius 1 is 1.32 bits per heavy atom. The van der Waals surface area contributed by atoms with Gasteiger partial charge >= 0.3 is 0 Å². The molecule has 100 valence electrons. The molecule has 0 atom stereocenters. The minimum Gasteiger partial charge on any atom is -0.236 e. The fourth-order valence-corrected chi connectivity index (χ4v) is 2.20. The molecule has 0 saturated heterocycles. The summed E-state index contributed by atoms with van der Waals surface area (Å²) in [7, 11) is 0. The van der Waals surface area contributed by atoms with Crippen LogP contribution in [0.15, 0.2) is 24.4 Å². The lowest BCUT2D eigenvalue weighted by Crippen LogP contribution is -2.01. The predicted molar refractivity (Wildman–Crippen MR) is 70.0 cm³/mol. The molecule has 1 aromatic carbocycles. The summed E-state index contributed by atoms with van der Waals surface area (Å²) in [6, 6.07) is 3.61. The van der Waals surface area contributed by atoms with Gasteiger partial charge in [-0.1, -0.05) is 27.5 Å². The van der Waals surface area contributed by atoms with Crippen LogP contribution in [0.1, 0.15) is 17.7 Å². The predicted octanol–water partition coefficient (Wildman–Crippen LogP) is 4.77. The Kier molecular flexibility index (Phi) is 4.42. The van der Waals surface area contributed by atoms with Crippen LogP contribution in [0.4, 0.5) is 13.2 Å². The molecular weight excluding hydrogens is 344 g/mol. The summed E-state index contributed by atoms with van der Waals surface area (Å²) in [5, 5.41) is 0.302. The van der Waals surface area contributed by atoms with E-state index in [4.69, 9.17) is 11.6 Å². The quantitative estimate of drug-likeness (QED) is 0.745. The van der Waals surface area contributed by atoms with E-state index in [0.717, 1.165) is 6.07 Å². The fourth-order valence-electron chi connectivity index (χ4n) is 1.51. The number of nitrogens with zero attached hydrogens (tertiary/aromatic N) is 2.